The summed E-state index contributed by atoms with van der Waals surface area (Å²) < 4.78 is 8.76. The highest BCUT2D eigenvalue weighted by molar-refractivity contribution is 6.16. The Hall–Kier alpha value is -6.97. The van der Waals surface area contributed by atoms with E-state index in [0.717, 1.165) is 49.9 Å². The molecule has 1 unspecified atom stereocenters. The summed E-state index contributed by atoms with van der Waals surface area (Å²) in [6, 6.07) is 59.4. The molecule has 3 nitrogen and oxygen atoms in total. The number of hydrogen-bond acceptors (Lipinski definition) is 2. The van der Waals surface area contributed by atoms with E-state index in [9.17, 15) is 0 Å². The van der Waals surface area contributed by atoms with Crippen LogP contribution in [0.15, 0.2) is 174 Å². The molecule has 0 bridgehead atoms. The second-order valence-electron chi connectivity index (χ2n) is 14.3. The molecule has 0 amide bonds. The van der Waals surface area contributed by atoms with Crippen molar-refractivity contribution in [1.29, 1.82) is 0 Å². The smallest absolute Gasteiger partial charge is 0.145 e. The third kappa shape index (κ3) is 3.75. The lowest BCUT2D eigenvalue weighted by Crippen LogP contribution is -2.30. The molecule has 7 aromatic carbocycles. The molecule has 53 heavy (non-hydrogen) atoms. The van der Waals surface area contributed by atoms with E-state index in [-0.39, 0.29) is 0 Å². The molecule has 1 atom stereocenters. The molecule has 3 heteroatoms. The van der Waals surface area contributed by atoms with Crippen LogP contribution in [-0.2, 0) is 5.41 Å². The largest absolute Gasteiger partial charge is 0.456 e. The minimum Gasteiger partial charge on any atom is -0.456 e. The molecular weight excluding hydrogens is 645 g/mol. The monoisotopic (exact) mass is 674 g/mol. The molecule has 12 rings (SSSR count). The van der Waals surface area contributed by atoms with Crippen molar-refractivity contribution in [3.8, 4) is 27.9 Å². The fourth-order valence-corrected chi connectivity index (χ4v) is 9.52. The van der Waals surface area contributed by atoms with E-state index in [1.54, 1.807) is 0 Å². The molecule has 3 heterocycles. The van der Waals surface area contributed by atoms with Crippen molar-refractivity contribution >= 4 is 56.0 Å². The Morgan fingerprint density at radius 3 is 2.13 bits per heavy atom. The number of rotatable bonds is 2. The van der Waals surface area contributed by atoms with Gasteiger partial charge >= 0.3 is 0 Å². The molecule has 0 aliphatic heterocycles. The molecule has 0 fully saturated rings. The van der Waals surface area contributed by atoms with Gasteiger partial charge in [0.15, 0.2) is 0 Å². The summed E-state index contributed by atoms with van der Waals surface area (Å²) in [4.78, 5) is 5.19. The Labute approximate surface area is 305 Å². The van der Waals surface area contributed by atoms with Gasteiger partial charge in [-0.3, -0.25) is 4.57 Å². The van der Waals surface area contributed by atoms with Crippen molar-refractivity contribution in [3.05, 3.63) is 203 Å². The maximum atomic E-state index is 6.48. The quantitative estimate of drug-likeness (QED) is 0.183. The topological polar surface area (TPSA) is 31.0 Å². The van der Waals surface area contributed by atoms with Crippen LogP contribution in [0.5, 0.6) is 0 Å². The van der Waals surface area contributed by atoms with Crippen molar-refractivity contribution in [2.45, 2.75) is 5.41 Å². The summed E-state index contributed by atoms with van der Waals surface area (Å²) in [7, 11) is 0. The SMILES string of the molecule is C1=Cc2ccc(-c3cnc4c(c3)c3ccccc3n4-c3ccccc3)cc2C2(c3ccccc31)c1ccccc1-c1c2ccc2oc3ccccc3c12. The van der Waals surface area contributed by atoms with Gasteiger partial charge in [-0.2, -0.15) is 0 Å². The van der Waals surface area contributed by atoms with Crippen LogP contribution in [0, 0.1) is 0 Å². The predicted octanol–water partition coefficient (Wildman–Crippen LogP) is 12.6. The Balaban J connectivity index is 1.16. The maximum absolute atomic E-state index is 6.48. The minimum atomic E-state index is -0.565. The average Bonchev–Trinajstić information content (AvgIpc) is 3.83. The number of furan rings is 1. The van der Waals surface area contributed by atoms with Gasteiger partial charge in [0, 0.05) is 39.0 Å². The second-order valence-corrected chi connectivity index (χ2v) is 14.3. The molecular formula is C50H30N2O. The third-order valence-corrected chi connectivity index (χ3v) is 11.7. The van der Waals surface area contributed by atoms with Gasteiger partial charge in [0.25, 0.3) is 0 Å². The van der Waals surface area contributed by atoms with E-state index in [1.807, 2.05) is 6.20 Å². The molecule has 0 saturated heterocycles. The summed E-state index contributed by atoms with van der Waals surface area (Å²) in [5, 5.41) is 4.66. The van der Waals surface area contributed by atoms with Crippen molar-refractivity contribution < 1.29 is 4.42 Å². The highest BCUT2D eigenvalue weighted by Crippen LogP contribution is 2.61. The van der Waals surface area contributed by atoms with Gasteiger partial charge in [-0.05, 0) is 92.5 Å². The number of nitrogens with zero attached hydrogens (tertiary/aromatic N) is 2. The molecule has 2 aliphatic carbocycles. The Kier molecular flexibility index (Phi) is 5.70. The highest BCUT2D eigenvalue weighted by Gasteiger charge is 2.49. The van der Waals surface area contributed by atoms with E-state index in [2.05, 4.69) is 181 Å². The Bertz CT molecular complexity index is 3180. The summed E-state index contributed by atoms with van der Waals surface area (Å²) in [5.41, 5.74) is 16.8. The lowest BCUT2D eigenvalue weighted by atomic mass is 9.65. The Morgan fingerprint density at radius 1 is 0.491 bits per heavy atom. The van der Waals surface area contributed by atoms with E-state index in [1.165, 1.54) is 55.3 Å². The normalized spacial score (nSPS) is 15.5. The van der Waals surface area contributed by atoms with Crippen LogP contribution in [0.3, 0.4) is 0 Å². The molecule has 1 spiro atoms. The van der Waals surface area contributed by atoms with Crippen molar-refractivity contribution in [1.82, 2.24) is 9.55 Å². The molecule has 246 valence electrons. The molecule has 0 radical (unpaired) electrons. The maximum Gasteiger partial charge on any atom is 0.145 e. The number of hydrogen-bond donors (Lipinski definition) is 0. The highest BCUT2D eigenvalue weighted by atomic mass is 16.3. The second kappa shape index (κ2) is 10.5. The van der Waals surface area contributed by atoms with Crippen LogP contribution in [0.25, 0.3) is 84.0 Å². The average molecular weight is 675 g/mol. The third-order valence-electron chi connectivity index (χ3n) is 11.7. The number of para-hydroxylation sites is 3. The van der Waals surface area contributed by atoms with Crippen LogP contribution in [0.1, 0.15) is 33.4 Å². The molecule has 2 aliphatic rings. The number of fused-ring (bicyclic) bond motifs is 16. The fourth-order valence-electron chi connectivity index (χ4n) is 9.52. The standard InChI is InChI=1S/C50H30N2O/c1-2-13-35(14-3-1)52-44-20-10-6-15-36(44)39-28-34(30-51-49(39)52)33-25-24-32-23-22-31-12-4-8-18-40(31)50(43(32)29-33)41-19-9-5-16-37(41)47-42(50)26-27-46-48(47)38-17-7-11-21-45(38)53-46/h1-30H. The van der Waals surface area contributed by atoms with E-state index in [4.69, 9.17) is 9.40 Å². The fraction of sp³-hybridized carbons (Fsp3) is 0.0200. The molecule has 0 saturated carbocycles. The van der Waals surface area contributed by atoms with E-state index < -0.39 is 5.41 Å². The molecule has 10 aromatic rings. The first-order valence-corrected chi connectivity index (χ1v) is 18.2. The Morgan fingerprint density at radius 2 is 1.23 bits per heavy atom. The van der Waals surface area contributed by atoms with E-state index >= 15 is 0 Å². The number of benzene rings is 7. The van der Waals surface area contributed by atoms with Gasteiger partial charge in [-0.25, -0.2) is 4.98 Å². The van der Waals surface area contributed by atoms with Crippen molar-refractivity contribution in [3.63, 3.8) is 0 Å². The first-order chi connectivity index (χ1) is 26.3. The van der Waals surface area contributed by atoms with E-state index in [0.29, 0.717) is 0 Å². The van der Waals surface area contributed by atoms with Crippen LogP contribution < -0.4 is 0 Å². The summed E-state index contributed by atoms with van der Waals surface area (Å²) >= 11 is 0. The van der Waals surface area contributed by atoms with Gasteiger partial charge in [-0.15, -0.1) is 0 Å². The van der Waals surface area contributed by atoms with Gasteiger partial charge in [0.2, 0.25) is 0 Å². The van der Waals surface area contributed by atoms with Crippen LogP contribution in [0.2, 0.25) is 0 Å². The minimum absolute atomic E-state index is 0.565. The van der Waals surface area contributed by atoms with Gasteiger partial charge in [0.05, 0.1) is 10.9 Å². The number of pyridine rings is 1. The van der Waals surface area contributed by atoms with Crippen LogP contribution in [0.4, 0.5) is 0 Å². The lowest BCUT2D eigenvalue weighted by Gasteiger charge is -2.35. The lowest BCUT2D eigenvalue weighted by molar-refractivity contribution is 0.668. The zero-order valence-electron chi connectivity index (χ0n) is 28.6. The van der Waals surface area contributed by atoms with Gasteiger partial charge < -0.3 is 4.42 Å². The molecule has 0 N–H and O–H groups in total. The van der Waals surface area contributed by atoms with Crippen molar-refractivity contribution in [2.24, 2.45) is 0 Å². The number of aromatic nitrogens is 2. The summed E-state index contributed by atoms with van der Waals surface area (Å²) in [5.74, 6) is 0. The van der Waals surface area contributed by atoms with Gasteiger partial charge in [0.1, 0.15) is 16.8 Å². The zero-order valence-corrected chi connectivity index (χ0v) is 28.6. The zero-order chi connectivity index (χ0) is 34.7. The first kappa shape index (κ1) is 28.7. The van der Waals surface area contributed by atoms with Crippen molar-refractivity contribution in [2.75, 3.05) is 0 Å². The first-order valence-electron chi connectivity index (χ1n) is 18.2. The molecule has 3 aromatic heterocycles. The van der Waals surface area contributed by atoms with Crippen LogP contribution >= 0.6 is 0 Å². The predicted molar refractivity (Wildman–Crippen MR) is 218 cm³/mol. The van der Waals surface area contributed by atoms with Gasteiger partial charge in [-0.1, -0.05) is 133 Å². The summed E-state index contributed by atoms with van der Waals surface area (Å²) in [6.07, 6.45) is 6.64. The summed E-state index contributed by atoms with van der Waals surface area (Å²) in [6.45, 7) is 0. The van der Waals surface area contributed by atoms with Crippen LogP contribution in [-0.4, -0.2) is 9.55 Å².